The van der Waals surface area contributed by atoms with E-state index in [1.165, 1.54) is 0 Å². The predicted molar refractivity (Wildman–Crippen MR) is 182 cm³/mol. The molecule has 0 aliphatic carbocycles. The highest BCUT2D eigenvalue weighted by Gasteiger charge is 2.20. The summed E-state index contributed by atoms with van der Waals surface area (Å²) in [6.45, 7) is 5.46. The van der Waals surface area contributed by atoms with E-state index in [4.69, 9.17) is 4.98 Å². The molecule has 0 radical (unpaired) electrons. The van der Waals surface area contributed by atoms with E-state index in [2.05, 4.69) is 36.8 Å². The van der Waals surface area contributed by atoms with Crippen LogP contribution < -0.4 is 9.80 Å². The van der Waals surface area contributed by atoms with Gasteiger partial charge in [0.1, 0.15) is 11.6 Å². The van der Waals surface area contributed by atoms with Crippen molar-refractivity contribution in [2.75, 3.05) is 48.3 Å². The van der Waals surface area contributed by atoms with Crippen molar-refractivity contribution in [1.82, 2.24) is 9.97 Å². The van der Waals surface area contributed by atoms with Gasteiger partial charge in [-0.2, -0.15) is 0 Å². The first kappa shape index (κ1) is 34.4. The number of rotatable bonds is 13. The number of imidazole rings is 1. The highest BCUT2D eigenvalue weighted by atomic mass is 79.9. The fourth-order valence-corrected chi connectivity index (χ4v) is 6.93. The second-order valence-corrected chi connectivity index (χ2v) is 15.4. The minimum absolute atomic E-state index is 0.0744. The Morgan fingerprint density at radius 3 is 1.57 bits per heavy atom. The van der Waals surface area contributed by atoms with Crippen molar-refractivity contribution in [3.05, 3.63) is 69.6 Å². The molecule has 0 unspecified atom stereocenters. The number of benzene rings is 3. The third-order valence-corrected chi connectivity index (χ3v) is 9.88. The van der Waals surface area contributed by atoms with E-state index in [-0.39, 0.29) is 31.2 Å². The van der Waals surface area contributed by atoms with Crippen LogP contribution in [0.5, 0.6) is 5.75 Å². The summed E-state index contributed by atoms with van der Waals surface area (Å²) < 4.78 is 23.8. The zero-order valence-electron chi connectivity index (χ0n) is 24.1. The maximum Gasteiger partial charge on any atom is 0.327 e. The molecule has 4 rings (SSSR count). The summed E-state index contributed by atoms with van der Waals surface area (Å²) in [5, 5.41) is 10.2. The zero-order chi connectivity index (χ0) is 32.2. The smallest absolute Gasteiger partial charge is 0.327 e. The molecule has 4 aromatic rings. The molecule has 0 saturated heterocycles. The van der Waals surface area contributed by atoms with Crippen LogP contribution in [0.25, 0.3) is 33.9 Å². The first-order valence-electron chi connectivity index (χ1n) is 13.8. The number of nitrogens with zero attached hydrogens (tertiary/aromatic N) is 3. The molecule has 1 heterocycles. The molecular formula is C29H34Br2N4O7P2. The molecule has 15 heteroatoms. The van der Waals surface area contributed by atoms with Crippen LogP contribution in [-0.4, -0.2) is 73.2 Å². The van der Waals surface area contributed by atoms with Gasteiger partial charge in [0.2, 0.25) is 0 Å². The number of aromatic hydroxyl groups is 1. The monoisotopic (exact) mass is 770 g/mol. The number of aromatic amines is 1. The van der Waals surface area contributed by atoms with Gasteiger partial charge < -0.3 is 39.5 Å². The lowest BCUT2D eigenvalue weighted by atomic mass is 10.0. The number of nitrogens with one attached hydrogen (secondary N) is 1. The van der Waals surface area contributed by atoms with E-state index in [0.717, 1.165) is 33.8 Å². The second-order valence-electron chi connectivity index (χ2n) is 10.1. The van der Waals surface area contributed by atoms with E-state index < -0.39 is 15.2 Å². The van der Waals surface area contributed by atoms with Gasteiger partial charge in [-0.25, -0.2) is 4.98 Å². The average molecular weight is 772 g/mol. The Labute approximate surface area is 272 Å². The van der Waals surface area contributed by atoms with Crippen molar-refractivity contribution in [3.8, 4) is 39.7 Å². The molecule has 44 heavy (non-hydrogen) atoms. The van der Waals surface area contributed by atoms with E-state index in [1.54, 1.807) is 12.1 Å². The molecule has 0 bridgehead atoms. The molecular weight excluding hydrogens is 738 g/mol. The number of aromatic nitrogens is 2. The number of hydrogen-bond acceptors (Lipinski definition) is 6. The summed E-state index contributed by atoms with van der Waals surface area (Å²) in [6, 6.07) is 18.8. The van der Waals surface area contributed by atoms with Gasteiger partial charge in [0.05, 0.1) is 32.7 Å². The minimum Gasteiger partial charge on any atom is -0.506 e. The number of phenolic OH excluding ortho intramolecular Hbond substituents is 1. The molecule has 11 nitrogen and oxygen atoms in total. The van der Waals surface area contributed by atoms with Crippen LogP contribution in [0, 0.1) is 0 Å². The fraction of sp³-hybridized carbons (Fsp3) is 0.276. The molecule has 6 N–H and O–H groups in total. The van der Waals surface area contributed by atoms with E-state index in [0.29, 0.717) is 33.6 Å². The molecule has 1 aromatic heterocycles. The van der Waals surface area contributed by atoms with Crippen LogP contribution in [0.15, 0.2) is 69.6 Å². The maximum absolute atomic E-state index is 11.4. The molecule has 0 spiro atoms. The van der Waals surface area contributed by atoms with Crippen molar-refractivity contribution in [1.29, 1.82) is 0 Å². The number of anilines is 2. The summed E-state index contributed by atoms with van der Waals surface area (Å²) in [6.07, 6.45) is -0.475. The molecule has 0 fully saturated rings. The summed E-state index contributed by atoms with van der Waals surface area (Å²) in [4.78, 5) is 49.5. The van der Waals surface area contributed by atoms with Crippen LogP contribution in [0.1, 0.15) is 13.8 Å². The SMILES string of the molecule is CCN(CCP(=O)(O)O)c1ccc(-c2nc(-c3cc(Br)c(O)c(Br)c3)[nH]c2-c2ccc(N(CC)CCP(=O)(O)O)cc2)cc1. The Hall–Kier alpha value is -2.47. The first-order valence-corrected chi connectivity index (χ1v) is 19.0. The Morgan fingerprint density at radius 2 is 1.16 bits per heavy atom. The third kappa shape index (κ3) is 8.83. The number of hydrogen-bond donors (Lipinski definition) is 6. The van der Waals surface area contributed by atoms with Crippen molar-refractivity contribution >= 4 is 58.4 Å². The quantitative estimate of drug-likeness (QED) is 0.0810. The van der Waals surface area contributed by atoms with Gasteiger partial charge >= 0.3 is 15.2 Å². The zero-order valence-corrected chi connectivity index (χ0v) is 29.0. The van der Waals surface area contributed by atoms with Crippen molar-refractivity contribution < 1.29 is 33.8 Å². The Balaban J connectivity index is 1.73. The van der Waals surface area contributed by atoms with Gasteiger partial charge in [-0.3, -0.25) is 9.13 Å². The lowest BCUT2D eigenvalue weighted by molar-refractivity contribution is 0.371. The third-order valence-electron chi connectivity index (χ3n) is 7.11. The van der Waals surface area contributed by atoms with Crippen LogP contribution in [0.3, 0.4) is 0 Å². The number of halogens is 2. The molecule has 0 aliphatic heterocycles. The lowest BCUT2D eigenvalue weighted by Crippen LogP contribution is -2.26. The van der Waals surface area contributed by atoms with Gasteiger partial charge in [-0.05, 0) is 82.1 Å². The summed E-state index contributed by atoms with van der Waals surface area (Å²) in [5.41, 5.74) is 5.45. The van der Waals surface area contributed by atoms with Crippen LogP contribution in [-0.2, 0) is 9.13 Å². The average Bonchev–Trinajstić information content (AvgIpc) is 3.41. The van der Waals surface area contributed by atoms with Gasteiger partial charge in [0, 0.05) is 54.2 Å². The van der Waals surface area contributed by atoms with Crippen molar-refractivity contribution in [3.63, 3.8) is 0 Å². The lowest BCUT2D eigenvalue weighted by Gasteiger charge is -2.23. The van der Waals surface area contributed by atoms with Crippen LogP contribution >= 0.6 is 47.1 Å². The molecule has 0 amide bonds. The Morgan fingerprint density at radius 1 is 0.727 bits per heavy atom. The summed E-state index contributed by atoms with van der Waals surface area (Å²) in [7, 11) is -8.25. The molecule has 0 aliphatic rings. The number of H-pyrrole nitrogens is 1. The number of phenols is 1. The standard InChI is InChI=1S/C29H34Br2N4O7P2/c1-3-34(13-15-43(37,38)39)22-9-5-19(6-10-22)26-27(33-29(32-26)21-17-24(30)28(36)25(31)18-21)20-7-11-23(12-8-20)35(4-2)14-16-44(40,41)42/h5-12,17-18,36H,3-4,13-16H2,1-2H3,(H,32,33)(H2,37,38,39)(H2,40,41,42). The molecule has 236 valence electrons. The molecule has 3 aromatic carbocycles. The Kier molecular flexibility index (Phi) is 11.2. The topological polar surface area (TPSA) is 170 Å². The summed E-state index contributed by atoms with van der Waals surface area (Å²) >= 11 is 6.77. The largest absolute Gasteiger partial charge is 0.506 e. The minimum atomic E-state index is -4.13. The van der Waals surface area contributed by atoms with E-state index >= 15 is 0 Å². The van der Waals surface area contributed by atoms with Crippen LogP contribution in [0.4, 0.5) is 11.4 Å². The fourth-order valence-electron chi connectivity index (χ4n) is 4.74. The molecule has 0 atom stereocenters. The molecule has 0 saturated carbocycles. The highest BCUT2D eigenvalue weighted by molar-refractivity contribution is 9.11. The normalized spacial score (nSPS) is 12.0. The predicted octanol–water partition coefficient (Wildman–Crippen LogP) is 6.65. The van der Waals surface area contributed by atoms with Crippen LogP contribution in [0.2, 0.25) is 0 Å². The van der Waals surface area contributed by atoms with Gasteiger partial charge in [-0.15, -0.1) is 0 Å². The summed E-state index contributed by atoms with van der Waals surface area (Å²) in [5.74, 6) is 0.642. The maximum atomic E-state index is 11.4. The van der Waals surface area contributed by atoms with Crippen molar-refractivity contribution in [2.24, 2.45) is 0 Å². The Bertz CT molecular complexity index is 1570. The van der Waals surface area contributed by atoms with Gasteiger partial charge in [-0.1, -0.05) is 24.3 Å². The van der Waals surface area contributed by atoms with E-state index in [1.807, 2.05) is 72.2 Å². The van der Waals surface area contributed by atoms with Crippen molar-refractivity contribution in [2.45, 2.75) is 13.8 Å². The second kappa shape index (κ2) is 14.3. The first-order chi connectivity index (χ1) is 20.7. The van der Waals surface area contributed by atoms with E-state index in [9.17, 15) is 33.8 Å². The highest BCUT2D eigenvalue weighted by Crippen LogP contribution is 2.40. The van der Waals surface area contributed by atoms with Gasteiger partial charge in [0.25, 0.3) is 0 Å². The van der Waals surface area contributed by atoms with Gasteiger partial charge in [0.15, 0.2) is 0 Å².